The van der Waals surface area contributed by atoms with Crippen LogP contribution in [0.25, 0.3) is 33.4 Å². The van der Waals surface area contributed by atoms with Crippen LogP contribution in [0.1, 0.15) is 64.2 Å². The number of ether oxygens (including phenoxy) is 2. The van der Waals surface area contributed by atoms with Crippen LogP contribution in [0.4, 0.5) is 57.8 Å². The lowest BCUT2D eigenvalue weighted by Crippen LogP contribution is -2.76. The summed E-state index contributed by atoms with van der Waals surface area (Å²) in [7, 11) is 0. The van der Waals surface area contributed by atoms with Gasteiger partial charge >= 0.3 is 24.3 Å². The molecule has 6 N–H and O–H groups in total. The minimum Gasteiger partial charge on any atom is -0.372 e. The van der Waals surface area contributed by atoms with Gasteiger partial charge in [-0.2, -0.15) is 13.2 Å². The maximum absolute atomic E-state index is 15.6. The average molecular weight is 1340 g/mol. The van der Waals surface area contributed by atoms with E-state index in [1.165, 1.54) is 36.7 Å². The molecule has 23 nitrogen and oxygen atoms in total. The Morgan fingerprint density at radius 1 is 0.485 bits per heavy atom. The van der Waals surface area contributed by atoms with Crippen molar-refractivity contribution >= 4 is 70.6 Å². The molecule has 0 aliphatic carbocycles. The summed E-state index contributed by atoms with van der Waals surface area (Å²) >= 11 is 0. The molecular weight excluding hydrogens is 1270 g/mol. The Kier molecular flexibility index (Phi) is 16.5. The van der Waals surface area contributed by atoms with Crippen molar-refractivity contribution in [3.63, 3.8) is 0 Å². The first kappa shape index (κ1) is 65.5. The number of carbonyl (C=O) groups is 9. The number of halogens is 6. The van der Waals surface area contributed by atoms with E-state index in [0.717, 1.165) is 22.4 Å². The highest BCUT2D eigenvalue weighted by Gasteiger charge is 2.67. The minimum atomic E-state index is -4.76. The predicted molar refractivity (Wildman–Crippen MR) is 334 cm³/mol. The fourth-order valence-electron chi connectivity index (χ4n) is 16.4. The number of hydrogen-bond acceptors (Lipinski definition) is 17. The lowest BCUT2D eigenvalue weighted by molar-refractivity contribution is -0.245. The van der Waals surface area contributed by atoms with Crippen LogP contribution < -0.4 is 46.6 Å². The summed E-state index contributed by atoms with van der Waals surface area (Å²) in [5, 5.41) is 13.2. The van der Waals surface area contributed by atoms with E-state index in [2.05, 4.69) is 53.8 Å². The summed E-state index contributed by atoms with van der Waals surface area (Å²) in [5.74, 6) is -5.95. The summed E-state index contributed by atoms with van der Waals surface area (Å²) in [6.07, 6.45) is 0.962. The summed E-state index contributed by atoms with van der Waals surface area (Å²) in [6.45, 7) is 9.26. The van der Waals surface area contributed by atoms with Crippen LogP contribution in [-0.4, -0.2) is 137 Å². The van der Waals surface area contributed by atoms with E-state index in [0.29, 0.717) is 57.8 Å². The summed E-state index contributed by atoms with van der Waals surface area (Å²) < 4.78 is 99.2. The fourth-order valence-corrected chi connectivity index (χ4v) is 16.4. The number of anilines is 3. The van der Waals surface area contributed by atoms with Crippen LogP contribution in [-0.2, 0) is 57.5 Å². The third kappa shape index (κ3) is 10.9. The van der Waals surface area contributed by atoms with E-state index in [4.69, 9.17) is 9.47 Å². The van der Waals surface area contributed by atoms with E-state index in [1.54, 1.807) is 73.9 Å². The quantitative estimate of drug-likeness (QED) is 0.0755. The topological polar surface area (TPSA) is 293 Å². The second-order valence-electron chi connectivity index (χ2n) is 26.2. The molecule has 3 spiro atoms. The number of urea groups is 3. The SMILES string of the molecule is CC[C@@H]1O[C@H](C(F)(F)F)CN2c3c(F)cc(-c4cccnc4)cc3CC3(C(=O)NC(=O)NC3=O)[C@@H]12.C[C@@H]1CN2c3c(F)cc(-c4cccnc4)cc3CC3(C(=O)NC(=O)NC3=O)[C@H]2[C@H](C)O1.C[C@H]1C[C@@H](C)[C@H]2N(C1)c1c(F)cc(-c3cccnc3)cc1CC21C(=O)NC(=O)NC1=O. The van der Waals surface area contributed by atoms with Crippen molar-refractivity contribution in [1.29, 1.82) is 0 Å². The monoisotopic (exact) mass is 1340 g/mol. The van der Waals surface area contributed by atoms with E-state index < -0.39 is 131 Å². The number of benzene rings is 3. The summed E-state index contributed by atoms with van der Waals surface area (Å²) in [4.78, 5) is 132. The number of carbonyl (C=O) groups excluding carboxylic acids is 9. The number of nitrogens with one attached hydrogen (secondary N) is 6. The van der Waals surface area contributed by atoms with Gasteiger partial charge in [0.15, 0.2) is 22.3 Å². The Morgan fingerprint density at radius 2 is 0.845 bits per heavy atom. The number of alkyl halides is 3. The summed E-state index contributed by atoms with van der Waals surface area (Å²) in [5.41, 5.74) is 0.421. The van der Waals surface area contributed by atoms with Crippen LogP contribution in [0.5, 0.6) is 0 Å². The molecule has 0 radical (unpaired) electrons. The van der Waals surface area contributed by atoms with Gasteiger partial charge in [-0.1, -0.05) is 39.0 Å². The second kappa shape index (κ2) is 24.5. The van der Waals surface area contributed by atoms with Crippen LogP contribution in [0.2, 0.25) is 0 Å². The minimum absolute atomic E-state index is 0.00865. The molecule has 6 aromatic rings. The highest BCUT2D eigenvalue weighted by atomic mass is 19.4. The van der Waals surface area contributed by atoms with Gasteiger partial charge in [-0.25, -0.2) is 27.6 Å². The Bertz CT molecular complexity index is 4050. The van der Waals surface area contributed by atoms with Gasteiger partial charge in [-0.05, 0) is 133 Å². The number of rotatable bonds is 4. The smallest absolute Gasteiger partial charge is 0.372 e. The van der Waals surface area contributed by atoms with Crippen molar-refractivity contribution in [3.8, 4) is 33.4 Å². The molecule has 0 saturated carbocycles. The Hall–Kier alpha value is -10.2. The first-order valence-corrected chi connectivity index (χ1v) is 31.5. The molecule has 29 heteroatoms. The second-order valence-corrected chi connectivity index (χ2v) is 26.2. The highest BCUT2D eigenvalue weighted by molar-refractivity contribution is 6.22. The van der Waals surface area contributed by atoms with Crippen molar-refractivity contribution in [1.82, 2.24) is 46.9 Å². The molecule has 15 rings (SSSR count). The Balaban J connectivity index is 0.000000132. The maximum Gasteiger partial charge on any atom is 0.416 e. The van der Waals surface area contributed by atoms with Crippen molar-refractivity contribution in [2.24, 2.45) is 28.1 Å². The molecule has 3 aromatic heterocycles. The van der Waals surface area contributed by atoms with E-state index >= 15 is 13.2 Å². The van der Waals surface area contributed by atoms with Crippen molar-refractivity contribution in [2.75, 3.05) is 34.3 Å². The molecule has 504 valence electrons. The van der Waals surface area contributed by atoms with Crippen molar-refractivity contribution in [3.05, 3.63) is 144 Å². The predicted octanol–water partition coefficient (Wildman–Crippen LogP) is 7.14. The number of amides is 12. The Labute approximate surface area is 549 Å². The van der Waals surface area contributed by atoms with Gasteiger partial charge in [-0.3, -0.25) is 75.6 Å². The number of barbiturate groups is 3. The third-order valence-electron chi connectivity index (χ3n) is 20.0. The zero-order valence-corrected chi connectivity index (χ0v) is 52.7. The van der Waals surface area contributed by atoms with Gasteiger partial charge in [0.25, 0.3) is 0 Å². The van der Waals surface area contributed by atoms with Crippen LogP contribution in [0.15, 0.2) is 110 Å². The normalized spacial score (nSPS) is 26.3. The molecule has 0 unspecified atom stereocenters. The van der Waals surface area contributed by atoms with Gasteiger partial charge < -0.3 is 24.2 Å². The molecule has 3 aromatic carbocycles. The van der Waals surface area contributed by atoms with E-state index in [9.17, 15) is 56.3 Å². The molecule has 12 amide bonds. The highest BCUT2D eigenvalue weighted by Crippen LogP contribution is 2.54. The van der Waals surface area contributed by atoms with Crippen LogP contribution >= 0.6 is 0 Å². The van der Waals surface area contributed by atoms with Gasteiger partial charge in [-0.15, -0.1) is 0 Å². The fraction of sp³-hybridized carbons (Fsp3) is 0.382. The summed E-state index contributed by atoms with van der Waals surface area (Å²) in [6, 6.07) is 14.5. The first-order chi connectivity index (χ1) is 46.2. The number of imide groups is 6. The number of morpholine rings is 2. The molecule has 12 heterocycles. The number of hydrogen-bond donors (Lipinski definition) is 6. The molecule has 6 fully saturated rings. The Morgan fingerprint density at radius 3 is 1.21 bits per heavy atom. The molecule has 6 saturated heterocycles. The molecule has 0 bridgehead atoms. The number of aromatic nitrogens is 3. The average Bonchev–Trinajstić information content (AvgIpc) is 0.718. The van der Waals surface area contributed by atoms with Gasteiger partial charge in [0, 0.05) is 79.8 Å². The molecule has 9 aliphatic heterocycles. The lowest BCUT2D eigenvalue weighted by atomic mass is 9.62. The molecule has 97 heavy (non-hydrogen) atoms. The van der Waals surface area contributed by atoms with Gasteiger partial charge in [0.1, 0.15) is 17.5 Å². The van der Waals surface area contributed by atoms with E-state index in [1.807, 2.05) is 36.9 Å². The van der Waals surface area contributed by atoms with E-state index in [-0.39, 0.29) is 60.7 Å². The zero-order valence-electron chi connectivity index (χ0n) is 52.7. The van der Waals surface area contributed by atoms with Gasteiger partial charge in [0.2, 0.25) is 35.4 Å². The van der Waals surface area contributed by atoms with Crippen molar-refractivity contribution in [2.45, 2.75) is 115 Å². The van der Waals surface area contributed by atoms with Crippen molar-refractivity contribution < 1.29 is 79.0 Å². The number of fused-ring (bicyclic) bond motifs is 12. The standard InChI is InChI=1S/C23H20F4N4O4.C23H23FN4O3.C22H21FN4O4/c1-2-15-18-22(19(32)29-21(34)30-20(22)33)8-13-6-12(11-4-3-5-28-9-11)7-14(24)17(13)31(18)10-16(35-15)23(25,26)27;1-12-6-13(2)19-23(20(29)26-22(31)27-21(23)30)9-16-7-15(14-4-3-5-25-10-14)8-17(24)18(16)28(19)11-12;1-11-10-27-17-15(6-14(7-16(17)23)13-4-3-5-24-9-13)8-22(18(27)12(2)31-11)19(28)25-21(30)26-20(22)29/h3-7,9,15-16,18H,2,8,10H2,1H3,(H2,29,30,32,33,34);3-5,7-8,10,12-13,19H,6,9,11H2,1-2H3,(H2,26,27,29,30,31);3-7,9,11-12,18H,8,10H2,1-2H3,(H2,25,26,28,29,30)/t15-,16-,18+;12-,13+,19+;11-,12+,18-/m001/s1. The van der Waals surface area contributed by atoms with Crippen LogP contribution in [0, 0.1) is 45.5 Å². The third-order valence-corrected chi connectivity index (χ3v) is 20.0. The number of piperidine rings is 1. The number of nitrogens with zero attached hydrogens (tertiary/aromatic N) is 6. The lowest BCUT2D eigenvalue weighted by Gasteiger charge is -2.56. The molecule has 9 atom stereocenters. The maximum atomic E-state index is 15.6. The van der Waals surface area contributed by atoms with Gasteiger partial charge in [0.05, 0.1) is 60.0 Å². The molecular formula is C68H64F6N12O11. The first-order valence-electron chi connectivity index (χ1n) is 31.5. The number of pyridine rings is 3. The molecule has 9 aliphatic rings. The zero-order chi connectivity index (χ0) is 68.9. The van der Waals surface area contributed by atoms with Crippen LogP contribution in [0.3, 0.4) is 0 Å². The largest absolute Gasteiger partial charge is 0.416 e.